The zero-order valence-electron chi connectivity index (χ0n) is 10.1. The molecule has 0 saturated heterocycles. The number of carbonyl (C=O) groups excluding carboxylic acids is 1. The van der Waals surface area contributed by atoms with E-state index in [1.807, 2.05) is 0 Å². The second-order valence-corrected chi connectivity index (χ2v) is 3.86. The van der Waals surface area contributed by atoms with Crippen LogP contribution >= 0.6 is 0 Å². The molecular formula is C13H10N2O4. The summed E-state index contributed by atoms with van der Waals surface area (Å²) in [5.74, 6) is 0.590. The van der Waals surface area contributed by atoms with Crippen molar-refractivity contribution in [3.8, 4) is 11.6 Å². The highest BCUT2D eigenvalue weighted by molar-refractivity contribution is 5.74. The smallest absolute Gasteiger partial charge is 0.276 e. The number of ether oxygens (including phenoxy) is 1. The van der Waals surface area contributed by atoms with Crippen LogP contribution in [0.25, 0.3) is 0 Å². The van der Waals surface area contributed by atoms with Crippen LogP contribution in [0.2, 0.25) is 0 Å². The standard InChI is InChI=1S/C13H10N2O4/c1-9-2-4-11(6-12(9)15(17)18)19-13-5-3-10(8-16)7-14-13/h2-8H,1H3. The highest BCUT2D eigenvalue weighted by Gasteiger charge is 2.12. The number of aryl methyl sites for hydroxylation is 1. The van der Waals surface area contributed by atoms with E-state index >= 15 is 0 Å². The van der Waals surface area contributed by atoms with Gasteiger partial charge in [0, 0.05) is 23.4 Å². The number of aromatic nitrogens is 1. The van der Waals surface area contributed by atoms with Gasteiger partial charge < -0.3 is 4.74 Å². The topological polar surface area (TPSA) is 82.3 Å². The minimum Gasteiger partial charge on any atom is -0.439 e. The molecule has 2 rings (SSSR count). The fourth-order valence-corrected chi connectivity index (χ4v) is 1.49. The van der Waals surface area contributed by atoms with Crippen LogP contribution < -0.4 is 4.74 Å². The van der Waals surface area contributed by atoms with Gasteiger partial charge in [0.15, 0.2) is 6.29 Å². The molecule has 0 unspecified atom stereocenters. The summed E-state index contributed by atoms with van der Waals surface area (Å²) >= 11 is 0. The van der Waals surface area contributed by atoms with Crippen LogP contribution in [0.15, 0.2) is 36.5 Å². The predicted molar refractivity (Wildman–Crippen MR) is 67.5 cm³/mol. The first-order valence-corrected chi connectivity index (χ1v) is 5.44. The molecule has 0 radical (unpaired) electrons. The van der Waals surface area contributed by atoms with Gasteiger partial charge in [-0.05, 0) is 25.1 Å². The summed E-state index contributed by atoms with van der Waals surface area (Å²) in [5.41, 5.74) is 0.978. The maximum atomic E-state index is 10.8. The number of pyridine rings is 1. The Bertz CT molecular complexity index is 623. The molecule has 0 bridgehead atoms. The van der Waals surface area contributed by atoms with Gasteiger partial charge in [0.2, 0.25) is 5.88 Å². The van der Waals surface area contributed by atoms with Gasteiger partial charge in [-0.1, -0.05) is 0 Å². The van der Waals surface area contributed by atoms with Gasteiger partial charge in [0.05, 0.1) is 11.0 Å². The SMILES string of the molecule is Cc1ccc(Oc2ccc(C=O)cn2)cc1[N+](=O)[O-]. The maximum absolute atomic E-state index is 10.8. The average molecular weight is 258 g/mol. The Labute approximate surface area is 108 Å². The van der Waals surface area contributed by atoms with Crippen molar-refractivity contribution in [1.29, 1.82) is 0 Å². The van der Waals surface area contributed by atoms with Crippen LogP contribution in [0.1, 0.15) is 15.9 Å². The first-order valence-electron chi connectivity index (χ1n) is 5.44. The molecule has 0 aliphatic heterocycles. The fraction of sp³-hybridized carbons (Fsp3) is 0.0769. The maximum Gasteiger partial charge on any atom is 0.276 e. The van der Waals surface area contributed by atoms with E-state index in [4.69, 9.17) is 4.74 Å². The minimum absolute atomic E-state index is 0.0120. The first kappa shape index (κ1) is 12.7. The number of benzene rings is 1. The lowest BCUT2D eigenvalue weighted by Crippen LogP contribution is -1.94. The molecule has 6 heteroatoms. The number of hydrogen-bond acceptors (Lipinski definition) is 5. The molecular weight excluding hydrogens is 248 g/mol. The molecule has 6 nitrogen and oxygen atoms in total. The van der Waals surface area contributed by atoms with E-state index in [1.54, 1.807) is 25.1 Å². The lowest BCUT2D eigenvalue weighted by atomic mass is 10.2. The van der Waals surface area contributed by atoms with Crippen molar-refractivity contribution in [3.05, 3.63) is 57.8 Å². The molecule has 0 fully saturated rings. The highest BCUT2D eigenvalue weighted by Crippen LogP contribution is 2.26. The Balaban J connectivity index is 2.25. The van der Waals surface area contributed by atoms with Gasteiger partial charge >= 0.3 is 0 Å². The van der Waals surface area contributed by atoms with Crippen LogP contribution in [0, 0.1) is 17.0 Å². The Hall–Kier alpha value is -2.76. The van der Waals surface area contributed by atoms with Gasteiger partial charge in [-0.3, -0.25) is 14.9 Å². The molecule has 0 amide bonds. The Morgan fingerprint density at radius 3 is 2.68 bits per heavy atom. The Kier molecular flexibility index (Phi) is 3.51. The molecule has 0 saturated carbocycles. The van der Waals surface area contributed by atoms with Crippen molar-refractivity contribution in [1.82, 2.24) is 4.98 Å². The summed E-state index contributed by atoms with van der Waals surface area (Å²) in [7, 11) is 0. The molecule has 19 heavy (non-hydrogen) atoms. The second-order valence-electron chi connectivity index (χ2n) is 3.86. The van der Waals surface area contributed by atoms with Crippen molar-refractivity contribution < 1.29 is 14.5 Å². The summed E-state index contributed by atoms with van der Waals surface area (Å²) in [6.45, 7) is 1.65. The first-order chi connectivity index (χ1) is 9.10. The van der Waals surface area contributed by atoms with Gasteiger partial charge in [-0.2, -0.15) is 0 Å². The van der Waals surface area contributed by atoms with E-state index in [0.717, 1.165) is 0 Å². The lowest BCUT2D eigenvalue weighted by molar-refractivity contribution is -0.385. The molecule has 1 aromatic carbocycles. The van der Waals surface area contributed by atoms with E-state index < -0.39 is 4.92 Å². The lowest BCUT2D eigenvalue weighted by Gasteiger charge is -2.05. The number of hydrogen-bond donors (Lipinski definition) is 0. The molecule has 0 N–H and O–H groups in total. The van der Waals surface area contributed by atoms with Gasteiger partial charge in [0.1, 0.15) is 5.75 Å². The molecule has 0 atom stereocenters. The van der Waals surface area contributed by atoms with Gasteiger partial charge in [-0.15, -0.1) is 0 Å². The molecule has 0 aliphatic rings. The van der Waals surface area contributed by atoms with Crippen LogP contribution in [-0.2, 0) is 0 Å². The number of rotatable bonds is 4. The molecule has 0 spiro atoms. The van der Waals surface area contributed by atoms with Gasteiger partial charge in [0.25, 0.3) is 5.69 Å². The van der Waals surface area contributed by atoms with Crippen LogP contribution in [0.3, 0.4) is 0 Å². The van der Waals surface area contributed by atoms with Crippen molar-refractivity contribution in [3.63, 3.8) is 0 Å². The van der Waals surface area contributed by atoms with Gasteiger partial charge in [-0.25, -0.2) is 4.98 Å². The predicted octanol–water partition coefficient (Wildman–Crippen LogP) is 2.90. The summed E-state index contributed by atoms with van der Waals surface area (Å²) in [5, 5.41) is 10.8. The zero-order chi connectivity index (χ0) is 13.8. The summed E-state index contributed by atoms with van der Waals surface area (Å²) < 4.78 is 5.39. The summed E-state index contributed by atoms with van der Waals surface area (Å²) in [4.78, 5) is 24.7. The fourth-order valence-electron chi connectivity index (χ4n) is 1.49. The third kappa shape index (κ3) is 2.92. The molecule has 1 aromatic heterocycles. The largest absolute Gasteiger partial charge is 0.439 e. The molecule has 2 aromatic rings. The normalized spacial score (nSPS) is 9.95. The number of carbonyl (C=O) groups is 1. The van der Waals surface area contributed by atoms with Crippen molar-refractivity contribution >= 4 is 12.0 Å². The molecule has 0 aliphatic carbocycles. The quantitative estimate of drug-likeness (QED) is 0.478. The monoisotopic (exact) mass is 258 g/mol. The van der Waals surface area contributed by atoms with Crippen LogP contribution in [-0.4, -0.2) is 16.2 Å². The number of nitro groups is 1. The molecule has 96 valence electrons. The third-order valence-electron chi connectivity index (χ3n) is 2.50. The Morgan fingerprint density at radius 2 is 2.11 bits per heavy atom. The summed E-state index contributed by atoms with van der Waals surface area (Å²) in [6.07, 6.45) is 2.04. The zero-order valence-corrected chi connectivity index (χ0v) is 10.1. The summed E-state index contributed by atoms with van der Waals surface area (Å²) in [6, 6.07) is 7.64. The average Bonchev–Trinajstić information content (AvgIpc) is 2.41. The number of nitro benzene ring substituents is 1. The van der Waals surface area contributed by atoms with E-state index in [-0.39, 0.29) is 11.6 Å². The van der Waals surface area contributed by atoms with E-state index in [0.29, 0.717) is 23.2 Å². The molecule has 1 heterocycles. The highest BCUT2D eigenvalue weighted by atomic mass is 16.6. The minimum atomic E-state index is -0.467. The third-order valence-corrected chi connectivity index (χ3v) is 2.50. The number of aldehydes is 1. The Morgan fingerprint density at radius 1 is 1.32 bits per heavy atom. The van der Waals surface area contributed by atoms with E-state index in [1.165, 1.54) is 18.3 Å². The van der Waals surface area contributed by atoms with Crippen molar-refractivity contribution in [2.75, 3.05) is 0 Å². The van der Waals surface area contributed by atoms with E-state index in [2.05, 4.69) is 4.98 Å². The van der Waals surface area contributed by atoms with E-state index in [9.17, 15) is 14.9 Å². The van der Waals surface area contributed by atoms with Crippen LogP contribution in [0.4, 0.5) is 5.69 Å². The van der Waals surface area contributed by atoms with Crippen LogP contribution in [0.5, 0.6) is 11.6 Å². The van der Waals surface area contributed by atoms with Crippen molar-refractivity contribution in [2.24, 2.45) is 0 Å². The van der Waals surface area contributed by atoms with Crippen molar-refractivity contribution in [2.45, 2.75) is 6.92 Å². The number of nitrogens with zero attached hydrogens (tertiary/aromatic N) is 2. The second kappa shape index (κ2) is 5.26.